The summed E-state index contributed by atoms with van der Waals surface area (Å²) in [4.78, 5) is 0. The second-order valence-electron chi connectivity index (χ2n) is 11.9. The molecule has 238 valence electrons. The number of aromatic nitrogens is 3. The van der Waals surface area contributed by atoms with Crippen LogP contribution < -0.4 is 0 Å². The second kappa shape index (κ2) is 10.8. The molecule has 8 aromatic carbocycles. The standard InChI is InChI=1S/C48H31N3/c1-3-14-34(15-4-1)49-42-22-10-8-19-37(42)40-30-32(26-28-45(40)49)33-27-29-46-41(31-33)38-20-9-12-24-44(38)51(46)47-25-13-21-39-36-18-7-11-23-43(36)50(48(39)47)35-16-5-2-6-17-35/h1-31H/i2D,5D,6D,8D,9D,10D,12D,16D,17D,19D,20D,22D,24D,26D,27D,28D,29D,30D,31D. The monoisotopic (exact) mass is 668 g/mol. The number of benzene rings is 8. The first kappa shape index (κ1) is 15.4. The van der Waals surface area contributed by atoms with E-state index in [9.17, 15) is 11.0 Å². The van der Waals surface area contributed by atoms with E-state index in [1.165, 1.54) is 13.7 Å². The molecule has 0 aliphatic rings. The van der Waals surface area contributed by atoms with Crippen molar-refractivity contribution >= 4 is 65.4 Å². The minimum Gasteiger partial charge on any atom is -0.309 e. The summed E-state index contributed by atoms with van der Waals surface area (Å²) < 4.78 is 178. The average Bonchev–Trinajstić information content (AvgIpc) is 4.03. The Morgan fingerprint density at radius 1 is 0.333 bits per heavy atom. The largest absolute Gasteiger partial charge is 0.309 e. The van der Waals surface area contributed by atoms with Crippen LogP contribution in [0, 0.1) is 0 Å². The van der Waals surface area contributed by atoms with E-state index in [2.05, 4.69) is 0 Å². The Hall–Kier alpha value is -6.84. The number of nitrogens with zero attached hydrogens (tertiary/aromatic N) is 3. The number of rotatable bonds is 4. The third-order valence-electron chi connectivity index (χ3n) is 9.20. The van der Waals surface area contributed by atoms with Gasteiger partial charge in [0.05, 0.1) is 64.8 Å². The fourth-order valence-electron chi connectivity index (χ4n) is 7.12. The van der Waals surface area contributed by atoms with Gasteiger partial charge in [0.1, 0.15) is 0 Å². The Kier molecular flexibility index (Phi) is 3.26. The van der Waals surface area contributed by atoms with Crippen LogP contribution in [0.3, 0.4) is 0 Å². The highest BCUT2D eigenvalue weighted by Crippen LogP contribution is 2.41. The van der Waals surface area contributed by atoms with Crippen molar-refractivity contribution in [2.24, 2.45) is 0 Å². The molecular weight excluding hydrogens is 619 g/mol. The molecular formula is C48H31N3. The molecule has 0 N–H and O–H groups in total. The molecule has 3 aromatic heterocycles. The topological polar surface area (TPSA) is 14.8 Å². The molecule has 0 spiro atoms. The lowest BCUT2D eigenvalue weighted by Crippen LogP contribution is -2.00. The van der Waals surface area contributed by atoms with Crippen molar-refractivity contribution in [3.63, 3.8) is 0 Å². The van der Waals surface area contributed by atoms with E-state index in [0.29, 0.717) is 22.0 Å². The van der Waals surface area contributed by atoms with Crippen LogP contribution in [0.15, 0.2) is 188 Å². The first-order chi connectivity index (χ1) is 33.3. The summed E-state index contributed by atoms with van der Waals surface area (Å²) in [5.41, 5.74) is -0.999. The number of hydrogen-bond donors (Lipinski definition) is 0. The number of fused-ring (bicyclic) bond motifs is 9. The summed E-state index contributed by atoms with van der Waals surface area (Å²) in [7, 11) is 0. The Morgan fingerprint density at radius 2 is 0.902 bits per heavy atom. The van der Waals surface area contributed by atoms with E-state index >= 15 is 0 Å². The molecule has 11 rings (SSSR count). The van der Waals surface area contributed by atoms with Crippen molar-refractivity contribution in [1.82, 2.24) is 13.7 Å². The summed E-state index contributed by atoms with van der Waals surface area (Å²) >= 11 is 0. The van der Waals surface area contributed by atoms with Crippen LogP contribution in [0.2, 0.25) is 0 Å². The maximum absolute atomic E-state index is 9.99. The predicted molar refractivity (Wildman–Crippen MR) is 215 cm³/mol. The third kappa shape index (κ3) is 4.06. The van der Waals surface area contributed by atoms with Gasteiger partial charge in [-0.3, -0.25) is 0 Å². The normalized spacial score (nSPS) is 17.1. The van der Waals surface area contributed by atoms with Crippen molar-refractivity contribution in [1.29, 1.82) is 0 Å². The van der Waals surface area contributed by atoms with E-state index in [0.717, 1.165) is 0 Å². The Morgan fingerprint density at radius 3 is 1.63 bits per heavy atom. The first-order valence-electron chi connectivity index (χ1n) is 25.5. The molecule has 0 saturated heterocycles. The molecule has 0 aliphatic carbocycles. The zero-order valence-corrected chi connectivity index (χ0v) is 26.3. The molecule has 0 radical (unpaired) electrons. The third-order valence-corrected chi connectivity index (χ3v) is 9.20. The minimum absolute atomic E-state index is 0.0747. The second-order valence-corrected chi connectivity index (χ2v) is 11.9. The molecule has 0 aliphatic heterocycles. The molecule has 0 amide bonds. The molecule has 0 fully saturated rings. The van der Waals surface area contributed by atoms with Crippen LogP contribution in [-0.4, -0.2) is 13.7 Å². The van der Waals surface area contributed by atoms with Crippen molar-refractivity contribution in [3.05, 3.63) is 188 Å². The summed E-state index contributed by atoms with van der Waals surface area (Å²) in [6.07, 6.45) is 0. The quantitative estimate of drug-likeness (QED) is 0.177. The van der Waals surface area contributed by atoms with Crippen molar-refractivity contribution in [3.8, 4) is 28.2 Å². The molecule has 0 unspecified atom stereocenters. The van der Waals surface area contributed by atoms with Crippen LogP contribution in [0.1, 0.15) is 26.0 Å². The van der Waals surface area contributed by atoms with Crippen molar-refractivity contribution in [2.45, 2.75) is 0 Å². The fraction of sp³-hybridized carbons (Fsp3) is 0. The van der Waals surface area contributed by atoms with Gasteiger partial charge < -0.3 is 13.7 Å². The van der Waals surface area contributed by atoms with Gasteiger partial charge in [0.15, 0.2) is 0 Å². The van der Waals surface area contributed by atoms with Crippen molar-refractivity contribution in [2.75, 3.05) is 0 Å². The Labute approximate surface area is 321 Å². The molecule has 3 heteroatoms. The van der Waals surface area contributed by atoms with Crippen molar-refractivity contribution < 1.29 is 26.0 Å². The highest BCUT2D eigenvalue weighted by atomic mass is 15.1. The lowest BCUT2D eigenvalue weighted by molar-refractivity contribution is 1.13. The van der Waals surface area contributed by atoms with E-state index in [1.807, 2.05) is 0 Å². The lowest BCUT2D eigenvalue weighted by atomic mass is 10.0. The zero-order valence-electron chi connectivity index (χ0n) is 45.3. The highest BCUT2D eigenvalue weighted by Gasteiger charge is 2.20. The van der Waals surface area contributed by atoms with Gasteiger partial charge in [0.2, 0.25) is 0 Å². The molecule has 51 heavy (non-hydrogen) atoms. The van der Waals surface area contributed by atoms with Gasteiger partial charge in [-0.1, -0.05) is 115 Å². The molecule has 11 aromatic rings. The van der Waals surface area contributed by atoms with E-state index < -0.39 is 126 Å². The Bertz CT molecular complexity index is 4200. The fourth-order valence-corrected chi connectivity index (χ4v) is 7.12. The zero-order chi connectivity index (χ0) is 50.0. The van der Waals surface area contributed by atoms with E-state index in [-0.39, 0.29) is 60.5 Å². The van der Waals surface area contributed by atoms with Crippen LogP contribution in [-0.2, 0) is 0 Å². The average molecular weight is 669 g/mol. The van der Waals surface area contributed by atoms with Gasteiger partial charge in [-0.15, -0.1) is 0 Å². The van der Waals surface area contributed by atoms with E-state index in [1.54, 1.807) is 72.8 Å². The number of hydrogen-bond acceptors (Lipinski definition) is 0. The summed E-state index contributed by atoms with van der Waals surface area (Å²) in [5.74, 6) is 0. The van der Waals surface area contributed by atoms with Gasteiger partial charge in [-0.05, 0) is 83.7 Å². The smallest absolute Gasteiger partial charge is 0.0782 e. The van der Waals surface area contributed by atoms with E-state index in [4.69, 9.17) is 15.1 Å². The van der Waals surface area contributed by atoms with Crippen LogP contribution in [0.5, 0.6) is 0 Å². The molecule has 3 nitrogen and oxygen atoms in total. The van der Waals surface area contributed by atoms with Crippen LogP contribution >= 0.6 is 0 Å². The van der Waals surface area contributed by atoms with Crippen LogP contribution in [0.25, 0.3) is 93.6 Å². The number of para-hydroxylation sites is 6. The highest BCUT2D eigenvalue weighted by molar-refractivity contribution is 6.16. The molecule has 0 bridgehead atoms. The van der Waals surface area contributed by atoms with Gasteiger partial charge in [-0.25, -0.2) is 0 Å². The van der Waals surface area contributed by atoms with Gasteiger partial charge in [0.25, 0.3) is 0 Å². The minimum atomic E-state index is -0.746. The van der Waals surface area contributed by atoms with Gasteiger partial charge in [0, 0.05) is 43.7 Å². The first-order valence-corrected chi connectivity index (χ1v) is 16.0. The molecule has 0 atom stereocenters. The maximum atomic E-state index is 9.99. The van der Waals surface area contributed by atoms with Gasteiger partial charge >= 0.3 is 0 Å². The summed E-state index contributed by atoms with van der Waals surface area (Å²) in [5, 5.41) is 0.114. The van der Waals surface area contributed by atoms with Crippen LogP contribution in [0.4, 0.5) is 0 Å². The van der Waals surface area contributed by atoms with Gasteiger partial charge in [-0.2, -0.15) is 0 Å². The predicted octanol–water partition coefficient (Wildman–Crippen LogP) is 12.6. The summed E-state index contributed by atoms with van der Waals surface area (Å²) in [6, 6.07) is 8.32. The summed E-state index contributed by atoms with van der Waals surface area (Å²) in [6.45, 7) is 0. The molecule has 3 heterocycles. The maximum Gasteiger partial charge on any atom is 0.0782 e. The molecule has 0 saturated carbocycles. The lowest BCUT2D eigenvalue weighted by Gasteiger charge is -2.14. The Balaban J connectivity index is 1.34. The SMILES string of the molecule is [2H]c1c([2H])c([2H])c(-n2c3ccccc3c3cccc(-n4c5c([2H])c([2H])c([2H])c([2H])c5c5c([2H])c(-c6c([2H])c([2H])c7c(c6[2H])c6c([2H])c([2H])c([2H])c([2H])c6n7-c6ccccc6)c([2H])c([2H])c54)c32)c([2H])c1[2H].